The van der Waals surface area contributed by atoms with Crippen LogP contribution in [0, 0.1) is 0 Å². The zero-order valence-electron chi connectivity index (χ0n) is 13.2. The first kappa shape index (κ1) is 15.3. The van der Waals surface area contributed by atoms with Gasteiger partial charge in [0.1, 0.15) is 11.6 Å². The number of rotatable bonds is 3. The summed E-state index contributed by atoms with van der Waals surface area (Å²) in [4.78, 5) is 19.2. The van der Waals surface area contributed by atoms with Gasteiger partial charge in [0.15, 0.2) is 0 Å². The molecular weight excluding hydrogens is 264 g/mol. The molecule has 4 heteroatoms. The number of hydrogen-bond acceptors (Lipinski definition) is 3. The van der Waals surface area contributed by atoms with Crippen molar-refractivity contribution in [3.8, 4) is 17.1 Å². The zero-order chi connectivity index (χ0) is 15.6. The fourth-order valence-electron chi connectivity index (χ4n) is 1.97. The molecule has 0 spiro atoms. The van der Waals surface area contributed by atoms with E-state index in [-0.39, 0.29) is 17.1 Å². The second-order valence-electron chi connectivity index (χ2n) is 6.42. The Bertz CT molecular complexity index is 682. The van der Waals surface area contributed by atoms with E-state index >= 15 is 0 Å². The van der Waals surface area contributed by atoms with Crippen LogP contribution in [0.3, 0.4) is 0 Å². The van der Waals surface area contributed by atoms with Crippen LogP contribution in [-0.2, 0) is 5.41 Å². The van der Waals surface area contributed by atoms with Crippen molar-refractivity contribution in [2.45, 2.75) is 46.1 Å². The quantitative estimate of drug-likeness (QED) is 0.939. The first-order chi connectivity index (χ1) is 9.75. The highest BCUT2D eigenvalue weighted by molar-refractivity contribution is 5.57. The van der Waals surface area contributed by atoms with E-state index in [9.17, 15) is 4.79 Å². The zero-order valence-corrected chi connectivity index (χ0v) is 13.2. The number of nitrogens with zero attached hydrogens (tertiary/aromatic N) is 1. The van der Waals surface area contributed by atoms with E-state index < -0.39 is 0 Å². The van der Waals surface area contributed by atoms with Crippen molar-refractivity contribution in [1.29, 1.82) is 0 Å². The van der Waals surface area contributed by atoms with Crippen LogP contribution in [0.2, 0.25) is 0 Å². The molecular formula is C17H22N2O2. The fourth-order valence-corrected chi connectivity index (χ4v) is 1.97. The van der Waals surface area contributed by atoms with Crippen LogP contribution in [-0.4, -0.2) is 16.1 Å². The predicted molar refractivity (Wildman–Crippen MR) is 84.8 cm³/mol. The van der Waals surface area contributed by atoms with E-state index in [2.05, 4.69) is 9.97 Å². The number of ether oxygens (including phenoxy) is 1. The minimum atomic E-state index is -0.172. The van der Waals surface area contributed by atoms with E-state index in [0.717, 1.165) is 17.0 Å². The van der Waals surface area contributed by atoms with Crippen molar-refractivity contribution in [2.75, 3.05) is 0 Å². The van der Waals surface area contributed by atoms with Crippen LogP contribution >= 0.6 is 0 Å². The minimum Gasteiger partial charge on any atom is -0.491 e. The summed E-state index contributed by atoms with van der Waals surface area (Å²) < 4.78 is 5.68. The summed E-state index contributed by atoms with van der Waals surface area (Å²) in [6, 6.07) is 9.16. The van der Waals surface area contributed by atoms with Gasteiger partial charge in [0.05, 0.1) is 11.8 Å². The standard InChI is InChI=1S/C17H22N2O2/c1-11(2)21-13-8-6-7-12(9-13)16-18-14(17(3,4)5)10-15(20)19-16/h6-11H,1-5H3,(H,18,19,20). The van der Waals surface area contributed by atoms with Gasteiger partial charge in [0, 0.05) is 17.0 Å². The number of nitrogens with one attached hydrogen (secondary N) is 1. The van der Waals surface area contributed by atoms with Gasteiger partial charge in [-0.3, -0.25) is 4.79 Å². The van der Waals surface area contributed by atoms with Gasteiger partial charge in [-0.25, -0.2) is 4.98 Å². The molecule has 0 amide bonds. The lowest BCUT2D eigenvalue weighted by atomic mass is 9.92. The third-order valence-corrected chi connectivity index (χ3v) is 2.99. The van der Waals surface area contributed by atoms with Crippen LogP contribution < -0.4 is 10.3 Å². The van der Waals surface area contributed by atoms with Gasteiger partial charge in [-0.15, -0.1) is 0 Å². The average molecular weight is 286 g/mol. The third-order valence-electron chi connectivity index (χ3n) is 2.99. The average Bonchev–Trinajstić information content (AvgIpc) is 2.36. The van der Waals surface area contributed by atoms with Crippen molar-refractivity contribution in [3.63, 3.8) is 0 Å². The maximum Gasteiger partial charge on any atom is 0.251 e. The summed E-state index contributed by atoms with van der Waals surface area (Å²) in [5, 5.41) is 0. The monoisotopic (exact) mass is 286 g/mol. The summed E-state index contributed by atoms with van der Waals surface area (Å²) in [5.41, 5.74) is 1.31. The normalized spacial score (nSPS) is 11.7. The SMILES string of the molecule is CC(C)Oc1cccc(-c2nc(C(C)(C)C)cc(=O)[nH]2)c1. The summed E-state index contributed by atoms with van der Waals surface area (Å²) in [6.45, 7) is 10.1. The lowest BCUT2D eigenvalue weighted by Gasteiger charge is -2.18. The number of hydrogen-bond donors (Lipinski definition) is 1. The Hall–Kier alpha value is -2.10. The highest BCUT2D eigenvalue weighted by Gasteiger charge is 2.17. The van der Waals surface area contributed by atoms with Gasteiger partial charge in [0.2, 0.25) is 0 Å². The molecule has 0 unspecified atom stereocenters. The Labute approximate surface area is 125 Å². The van der Waals surface area contributed by atoms with Crippen molar-refractivity contribution in [3.05, 3.63) is 46.4 Å². The molecule has 1 aromatic carbocycles. The van der Waals surface area contributed by atoms with Gasteiger partial charge in [-0.1, -0.05) is 32.9 Å². The van der Waals surface area contributed by atoms with Crippen molar-refractivity contribution >= 4 is 0 Å². The van der Waals surface area contributed by atoms with Crippen molar-refractivity contribution < 1.29 is 4.74 Å². The number of H-pyrrole nitrogens is 1. The molecule has 0 aliphatic heterocycles. The molecule has 21 heavy (non-hydrogen) atoms. The molecule has 0 saturated heterocycles. The van der Waals surface area contributed by atoms with Crippen LogP contribution in [0.15, 0.2) is 35.1 Å². The van der Waals surface area contributed by atoms with E-state index in [1.54, 1.807) is 6.07 Å². The fraction of sp³-hybridized carbons (Fsp3) is 0.412. The number of aromatic nitrogens is 2. The predicted octanol–water partition coefficient (Wildman–Crippen LogP) is 3.52. The molecule has 0 fully saturated rings. The first-order valence-corrected chi connectivity index (χ1v) is 7.14. The molecule has 2 rings (SSSR count). The third kappa shape index (κ3) is 3.94. The summed E-state index contributed by atoms with van der Waals surface area (Å²) in [6.07, 6.45) is 0.105. The largest absolute Gasteiger partial charge is 0.491 e. The first-order valence-electron chi connectivity index (χ1n) is 7.14. The van der Waals surface area contributed by atoms with Gasteiger partial charge in [-0.2, -0.15) is 0 Å². The molecule has 0 bridgehead atoms. The van der Waals surface area contributed by atoms with Crippen LogP contribution in [0.5, 0.6) is 5.75 Å². The number of aromatic amines is 1. The van der Waals surface area contributed by atoms with E-state index in [1.165, 1.54) is 0 Å². The van der Waals surface area contributed by atoms with Gasteiger partial charge in [-0.05, 0) is 26.0 Å². The Balaban J connectivity index is 2.47. The molecule has 0 aliphatic carbocycles. The van der Waals surface area contributed by atoms with Crippen LogP contribution in [0.25, 0.3) is 11.4 Å². The van der Waals surface area contributed by atoms with Gasteiger partial charge >= 0.3 is 0 Å². The molecule has 4 nitrogen and oxygen atoms in total. The minimum absolute atomic E-state index is 0.105. The molecule has 1 N–H and O–H groups in total. The lowest BCUT2D eigenvalue weighted by Crippen LogP contribution is -2.19. The maximum absolute atomic E-state index is 11.9. The Morgan fingerprint density at radius 3 is 2.52 bits per heavy atom. The number of benzene rings is 1. The maximum atomic E-state index is 11.9. The second kappa shape index (κ2) is 5.72. The summed E-state index contributed by atoms with van der Waals surface area (Å²) >= 11 is 0. The Kier molecular flexibility index (Phi) is 4.16. The Morgan fingerprint density at radius 1 is 1.19 bits per heavy atom. The molecule has 1 aromatic heterocycles. The van der Waals surface area contributed by atoms with E-state index in [4.69, 9.17) is 4.74 Å². The van der Waals surface area contributed by atoms with Crippen molar-refractivity contribution in [1.82, 2.24) is 9.97 Å². The Morgan fingerprint density at radius 2 is 1.90 bits per heavy atom. The van der Waals surface area contributed by atoms with Gasteiger partial charge in [0.25, 0.3) is 5.56 Å². The smallest absolute Gasteiger partial charge is 0.251 e. The van der Waals surface area contributed by atoms with Gasteiger partial charge < -0.3 is 9.72 Å². The van der Waals surface area contributed by atoms with Crippen molar-refractivity contribution in [2.24, 2.45) is 0 Å². The molecule has 0 aliphatic rings. The second-order valence-corrected chi connectivity index (χ2v) is 6.42. The highest BCUT2D eigenvalue weighted by atomic mass is 16.5. The molecule has 2 aromatic rings. The van der Waals surface area contributed by atoms with Crippen LogP contribution in [0.1, 0.15) is 40.3 Å². The lowest BCUT2D eigenvalue weighted by molar-refractivity contribution is 0.242. The summed E-state index contributed by atoms with van der Waals surface area (Å²) in [5.74, 6) is 1.34. The molecule has 0 atom stereocenters. The summed E-state index contributed by atoms with van der Waals surface area (Å²) in [7, 11) is 0. The molecule has 0 saturated carbocycles. The molecule has 112 valence electrons. The van der Waals surface area contributed by atoms with E-state index in [1.807, 2.05) is 58.9 Å². The van der Waals surface area contributed by atoms with E-state index in [0.29, 0.717) is 5.82 Å². The highest BCUT2D eigenvalue weighted by Crippen LogP contribution is 2.24. The molecule has 0 radical (unpaired) electrons. The molecule has 1 heterocycles. The van der Waals surface area contributed by atoms with Crippen LogP contribution in [0.4, 0.5) is 0 Å². The topological polar surface area (TPSA) is 55.0 Å².